The number of rotatable bonds is 5. The molecular weight excluding hydrogens is 402 g/mol. The molecule has 0 spiro atoms. The Kier molecular flexibility index (Phi) is 4.93. The van der Waals surface area contributed by atoms with Gasteiger partial charge in [-0.2, -0.15) is 5.10 Å². The smallest absolute Gasteiger partial charge is 0.224 e. The Morgan fingerprint density at radius 1 is 1.03 bits per heavy atom. The zero-order chi connectivity index (χ0) is 22.2. The molecule has 0 radical (unpaired) electrons. The van der Waals surface area contributed by atoms with E-state index in [0.29, 0.717) is 18.7 Å². The highest BCUT2D eigenvalue weighted by Crippen LogP contribution is 2.24. The number of nitrogens with zero attached hydrogens (tertiary/aromatic N) is 4. The molecule has 1 amide bonds. The molecule has 0 bridgehead atoms. The molecule has 0 atom stereocenters. The van der Waals surface area contributed by atoms with Crippen molar-refractivity contribution in [3.05, 3.63) is 77.6 Å². The highest BCUT2D eigenvalue weighted by Gasteiger charge is 2.15. The van der Waals surface area contributed by atoms with Gasteiger partial charge in [-0.1, -0.05) is 24.3 Å². The second-order valence-electron chi connectivity index (χ2n) is 7.89. The van der Waals surface area contributed by atoms with E-state index in [9.17, 15) is 4.79 Å². The van der Waals surface area contributed by atoms with Crippen LogP contribution in [-0.4, -0.2) is 25.5 Å². The molecule has 2 aromatic carbocycles. The normalized spacial score (nSPS) is 11.3. The first-order valence-electron chi connectivity index (χ1n) is 10.6. The van der Waals surface area contributed by atoms with Gasteiger partial charge in [0.25, 0.3) is 0 Å². The topological polar surface area (TPSA) is 85.3 Å². The van der Waals surface area contributed by atoms with Crippen molar-refractivity contribution in [1.29, 1.82) is 0 Å². The molecule has 7 nitrogen and oxygen atoms in total. The summed E-state index contributed by atoms with van der Waals surface area (Å²) < 4.78 is 7.14. The zero-order valence-corrected chi connectivity index (χ0v) is 18.2. The minimum atomic E-state index is -0.0421. The molecule has 1 N–H and O–H groups in total. The van der Waals surface area contributed by atoms with Gasteiger partial charge in [-0.15, -0.1) is 0 Å². The third-order valence-corrected chi connectivity index (χ3v) is 5.70. The zero-order valence-electron chi connectivity index (χ0n) is 18.2. The summed E-state index contributed by atoms with van der Waals surface area (Å²) in [5, 5.41) is 8.69. The number of benzene rings is 2. The van der Waals surface area contributed by atoms with Gasteiger partial charge in [-0.05, 0) is 50.1 Å². The van der Waals surface area contributed by atoms with Crippen molar-refractivity contribution < 1.29 is 9.21 Å². The van der Waals surface area contributed by atoms with Gasteiger partial charge in [0, 0.05) is 41.4 Å². The molecule has 0 fully saturated rings. The number of aryl methyl sites for hydroxylation is 3. The van der Waals surface area contributed by atoms with Crippen molar-refractivity contribution in [2.45, 2.75) is 33.6 Å². The quantitative estimate of drug-likeness (QED) is 0.427. The van der Waals surface area contributed by atoms with E-state index in [-0.39, 0.29) is 5.91 Å². The predicted molar refractivity (Wildman–Crippen MR) is 124 cm³/mol. The fraction of sp³-hybridized carbons (Fsp3) is 0.200. The van der Waals surface area contributed by atoms with E-state index in [1.54, 1.807) is 6.26 Å². The van der Waals surface area contributed by atoms with Gasteiger partial charge in [-0.25, -0.2) is 14.5 Å². The summed E-state index contributed by atoms with van der Waals surface area (Å²) in [5.74, 6) is 0.582. The van der Waals surface area contributed by atoms with Crippen LogP contribution in [0.1, 0.15) is 29.3 Å². The Balaban J connectivity index is 1.30. The van der Waals surface area contributed by atoms with Gasteiger partial charge in [0.2, 0.25) is 5.91 Å². The monoisotopic (exact) mass is 425 g/mol. The van der Waals surface area contributed by atoms with Crippen LogP contribution in [-0.2, 0) is 11.2 Å². The van der Waals surface area contributed by atoms with Crippen molar-refractivity contribution in [3.8, 4) is 11.3 Å². The third-order valence-electron chi connectivity index (χ3n) is 5.70. The highest BCUT2D eigenvalue weighted by atomic mass is 16.3. The molecule has 0 aliphatic carbocycles. The number of nitrogens with one attached hydrogen (secondary N) is 1. The van der Waals surface area contributed by atoms with E-state index < -0.39 is 0 Å². The molecule has 5 rings (SSSR count). The van der Waals surface area contributed by atoms with Gasteiger partial charge in [-0.3, -0.25) is 4.79 Å². The van der Waals surface area contributed by atoms with E-state index >= 15 is 0 Å². The highest BCUT2D eigenvalue weighted by molar-refractivity contribution is 5.92. The Hall–Kier alpha value is -4.00. The van der Waals surface area contributed by atoms with Crippen LogP contribution in [0, 0.1) is 20.8 Å². The maximum Gasteiger partial charge on any atom is 0.224 e. The minimum absolute atomic E-state index is 0.0421. The molecule has 3 heterocycles. The molecule has 32 heavy (non-hydrogen) atoms. The molecule has 0 aliphatic rings. The lowest BCUT2D eigenvalue weighted by atomic mass is 10.1. The molecule has 160 valence electrons. The number of carbonyl (C=O) groups is 1. The lowest BCUT2D eigenvalue weighted by Crippen LogP contribution is -2.14. The maximum atomic E-state index is 12.6. The van der Waals surface area contributed by atoms with Gasteiger partial charge in [0.05, 0.1) is 5.52 Å². The summed E-state index contributed by atoms with van der Waals surface area (Å²) in [6.07, 6.45) is 2.58. The number of amides is 1. The van der Waals surface area contributed by atoms with Gasteiger partial charge in [0.1, 0.15) is 12.0 Å². The number of hydrogen-bond acceptors (Lipinski definition) is 5. The summed E-state index contributed by atoms with van der Waals surface area (Å²) in [6, 6.07) is 15.6. The molecule has 5 aromatic rings. The summed E-state index contributed by atoms with van der Waals surface area (Å²) in [6.45, 7) is 5.83. The van der Waals surface area contributed by atoms with Crippen LogP contribution in [0.2, 0.25) is 0 Å². The van der Waals surface area contributed by atoms with Crippen LogP contribution >= 0.6 is 0 Å². The third kappa shape index (κ3) is 3.62. The Labute approximate surface area is 185 Å². The van der Waals surface area contributed by atoms with Crippen molar-refractivity contribution in [1.82, 2.24) is 19.6 Å². The number of aromatic nitrogens is 4. The van der Waals surface area contributed by atoms with E-state index in [1.807, 2.05) is 73.8 Å². The second kappa shape index (κ2) is 7.92. The number of anilines is 1. The number of carbonyl (C=O) groups excluding carboxylic acids is 1. The average Bonchev–Trinajstić information content (AvgIpc) is 3.38. The molecule has 7 heteroatoms. The number of oxazole rings is 1. The minimum Gasteiger partial charge on any atom is -0.449 e. The fourth-order valence-corrected chi connectivity index (χ4v) is 4.02. The van der Waals surface area contributed by atoms with Crippen LogP contribution < -0.4 is 5.32 Å². The van der Waals surface area contributed by atoms with Crippen LogP contribution in [0.3, 0.4) is 0 Å². The molecule has 3 aromatic heterocycles. The first-order chi connectivity index (χ1) is 15.5. The van der Waals surface area contributed by atoms with Crippen LogP contribution in [0.15, 0.2) is 59.2 Å². The fourth-order valence-electron chi connectivity index (χ4n) is 4.02. The average molecular weight is 425 g/mol. The lowest BCUT2D eigenvalue weighted by Gasteiger charge is -2.11. The first-order valence-corrected chi connectivity index (χ1v) is 10.6. The van der Waals surface area contributed by atoms with Crippen molar-refractivity contribution in [3.63, 3.8) is 0 Å². The summed E-state index contributed by atoms with van der Waals surface area (Å²) >= 11 is 0. The predicted octanol–water partition coefficient (Wildman–Crippen LogP) is 5.03. The maximum absolute atomic E-state index is 12.6. The van der Waals surface area contributed by atoms with Crippen molar-refractivity contribution in [2.24, 2.45) is 0 Å². The molecule has 0 unspecified atom stereocenters. The Morgan fingerprint density at radius 3 is 2.56 bits per heavy atom. The Bertz CT molecular complexity index is 1450. The first kappa shape index (κ1) is 19.9. The number of fused-ring (bicyclic) bond motifs is 3. The molecule has 0 saturated heterocycles. The Morgan fingerprint density at radius 2 is 1.81 bits per heavy atom. The lowest BCUT2D eigenvalue weighted by molar-refractivity contribution is -0.116. The molecule has 0 saturated carbocycles. The second-order valence-corrected chi connectivity index (χ2v) is 7.89. The van der Waals surface area contributed by atoms with Crippen LogP contribution in [0.5, 0.6) is 0 Å². The SMILES string of the molecule is Cc1nc(-c2ccc(NC(=O)CCc3c(C)nc4c5ccccc5nn4c3C)cc2)co1. The molecule has 0 aliphatic heterocycles. The van der Waals surface area contributed by atoms with E-state index in [0.717, 1.165) is 50.4 Å². The van der Waals surface area contributed by atoms with Gasteiger partial charge >= 0.3 is 0 Å². The van der Waals surface area contributed by atoms with E-state index in [1.165, 1.54) is 0 Å². The largest absolute Gasteiger partial charge is 0.449 e. The standard InChI is InChI=1S/C25H23N5O2/c1-15-20(16(2)30-25(26-15)21-6-4-5-7-22(21)29-30)12-13-24(31)28-19-10-8-18(9-11-19)23-14-32-17(3)27-23/h4-11,14H,12-13H2,1-3H3,(H,28,31). The van der Waals surface area contributed by atoms with Gasteiger partial charge < -0.3 is 9.73 Å². The van der Waals surface area contributed by atoms with E-state index in [4.69, 9.17) is 9.40 Å². The van der Waals surface area contributed by atoms with Crippen molar-refractivity contribution >= 4 is 28.1 Å². The summed E-state index contributed by atoms with van der Waals surface area (Å²) in [4.78, 5) is 21.7. The van der Waals surface area contributed by atoms with E-state index in [2.05, 4.69) is 15.4 Å². The van der Waals surface area contributed by atoms with Crippen LogP contribution in [0.25, 0.3) is 27.8 Å². The summed E-state index contributed by atoms with van der Waals surface area (Å²) in [5.41, 5.74) is 7.24. The van der Waals surface area contributed by atoms with Crippen molar-refractivity contribution in [2.75, 3.05) is 5.32 Å². The molecular formula is C25H23N5O2. The van der Waals surface area contributed by atoms with Gasteiger partial charge in [0.15, 0.2) is 11.5 Å². The summed E-state index contributed by atoms with van der Waals surface area (Å²) in [7, 11) is 0. The van der Waals surface area contributed by atoms with Crippen LogP contribution in [0.4, 0.5) is 5.69 Å². The number of hydrogen-bond donors (Lipinski definition) is 1.